The van der Waals surface area contributed by atoms with Gasteiger partial charge in [0.05, 0.1) is 16.7 Å². The molecule has 2 amide bonds. The van der Waals surface area contributed by atoms with Crippen molar-refractivity contribution >= 4 is 44.9 Å². The lowest BCUT2D eigenvalue weighted by atomic mass is 10.2. The maximum absolute atomic E-state index is 11.8. The van der Waals surface area contributed by atoms with Gasteiger partial charge in [-0.15, -0.1) is 0 Å². The largest absolute Gasteiger partial charge is 0.323 e. The molecule has 0 radical (unpaired) electrons. The van der Waals surface area contributed by atoms with E-state index >= 15 is 0 Å². The van der Waals surface area contributed by atoms with Crippen molar-refractivity contribution in [1.29, 1.82) is 5.26 Å². The Morgan fingerprint density at radius 2 is 1.85 bits per heavy atom. The van der Waals surface area contributed by atoms with Gasteiger partial charge in [0.1, 0.15) is 0 Å². The zero-order valence-electron chi connectivity index (χ0n) is 10.2. The first kappa shape index (κ1) is 14.4. The second-order valence-corrected chi connectivity index (χ2v) is 5.16. The second-order valence-electron chi connectivity index (χ2n) is 3.90. The monoisotopic (exact) mass is 349 g/mol. The summed E-state index contributed by atoms with van der Waals surface area (Å²) in [5, 5.41) is 14.7. The number of carbonyl (C=O) groups excluding carboxylic acids is 1. The van der Waals surface area contributed by atoms with Crippen molar-refractivity contribution in [3.8, 4) is 6.07 Å². The molecule has 0 heterocycles. The highest BCUT2D eigenvalue weighted by Gasteiger charge is 2.05. The summed E-state index contributed by atoms with van der Waals surface area (Å²) in [6.45, 7) is 0. The smallest absolute Gasteiger partial charge is 0.308 e. The minimum atomic E-state index is -0.394. The van der Waals surface area contributed by atoms with Crippen LogP contribution in [0.25, 0.3) is 0 Å². The zero-order valence-corrected chi connectivity index (χ0v) is 12.5. The molecule has 0 atom stereocenters. The Hall–Kier alpha value is -2.03. The maximum atomic E-state index is 11.8. The Morgan fingerprint density at radius 3 is 2.50 bits per heavy atom. The van der Waals surface area contributed by atoms with Gasteiger partial charge in [-0.25, -0.2) is 4.79 Å². The van der Waals surface area contributed by atoms with E-state index in [0.717, 1.165) is 0 Å². The third-order valence-corrected chi connectivity index (χ3v) is 3.64. The molecule has 100 valence electrons. The van der Waals surface area contributed by atoms with Crippen LogP contribution in [0.15, 0.2) is 46.9 Å². The SMILES string of the molecule is N#Cc1cccc(NC(=O)Nc2ccc(Cl)c(Br)c2)c1. The quantitative estimate of drug-likeness (QED) is 0.830. The lowest BCUT2D eigenvalue weighted by Gasteiger charge is -2.08. The van der Waals surface area contributed by atoms with E-state index < -0.39 is 6.03 Å². The number of urea groups is 1. The molecule has 2 aromatic carbocycles. The highest BCUT2D eigenvalue weighted by molar-refractivity contribution is 9.10. The van der Waals surface area contributed by atoms with Gasteiger partial charge in [-0.05, 0) is 52.3 Å². The highest BCUT2D eigenvalue weighted by Crippen LogP contribution is 2.25. The predicted molar refractivity (Wildman–Crippen MR) is 83.0 cm³/mol. The van der Waals surface area contributed by atoms with Crippen molar-refractivity contribution in [3.05, 3.63) is 57.5 Å². The number of anilines is 2. The number of nitriles is 1. The van der Waals surface area contributed by atoms with Gasteiger partial charge >= 0.3 is 6.03 Å². The van der Waals surface area contributed by atoms with Crippen LogP contribution in [0, 0.1) is 11.3 Å². The summed E-state index contributed by atoms with van der Waals surface area (Å²) < 4.78 is 0.698. The van der Waals surface area contributed by atoms with Crippen LogP contribution < -0.4 is 10.6 Å². The Labute approximate surface area is 129 Å². The molecule has 2 aromatic rings. The molecule has 0 spiro atoms. The average molecular weight is 351 g/mol. The minimum absolute atomic E-state index is 0.394. The fourth-order valence-corrected chi connectivity index (χ4v) is 2.03. The molecule has 0 fully saturated rings. The van der Waals surface area contributed by atoms with Crippen LogP contribution in [0.1, 0.15) is 5.56 Å². The van der Waals surface area contributed by atoms with Crippen LogP contribution in [0.3, 0.4) is 0 Å². The molecule has 0 aliphatic carbocycles. The van der Waals surface area contributed by atoms with Gasteiger partial charge in [0, 0.05) is 15.8 Å². The first-order valence-corrected chi connectivity index (χ1v) is 6.79. The zero-order chi connectivity index (χ0) is 14.5. The average Bonchev–Trinajstić information content (AvgIpc) is 2.43. The lowest BCUT2D eigenvalue weighted by molar-refractivity contribution is 0.262. The summed E-state index contributed by atoms with van der Waals surface area (Å²) in [7, 11) is 0. The Kier molecular flexibility index (Phi) is 4.61. The third kappa shape index (κ3) is 3.73. The fraction of sp³-hybridized carbons (Fsp3) is 0. The second kappa shape index (κ2) is 6.42. The van der Waals surface area contributed by atoms with E-state index in [1.807, 2.05) is 6.07 Å². The van der Waals surface area contributed by atoms with E-state index in [-0.39, 0.29) is 0 Å². The first-order valence-electron chi connectivity index (χ1n) is 5.62. The number of halogens is 2. The van der Waals surface area contributed by atoms with Gasteiger partial charge in [0.25, 0.3) is 0 Å². The van der Waals surface area contributed by atoms with Crippen molar-refractivity contribution in [2.75, 3.05) is 10.6 Å². The van der Waals surface area contributed by atoms with Crippen molar-refractivity contribution in [3.63, 3.8) is 0 Å². The number of carbonyl (C=O) groups is 1. The number of amides is 2. The molecular weight excluding hydrogens is 342 g/mol. The molecular formula is C14H9BrClN3O. The normalized spacial score (nSPS) is 9.65. The molecule has 4 nitrogen and oxygen atoms in total. The van der Waals surface area contributed by atoms with Gasteiger partial charge in [0.15, 0.2) is 0 Å². The van der Waals surface area contributed by atoms with Crippen LogP contribution >= 0.6 is 27.5 Å². The molecule has 20 heavy (non-hydrogen) atoms. The Balaban J connectivity index is 2.05. The van der Waals surface area contributed by atoms with Crippen LogP contribution in [-0.4, -0.2) is 6.03 Å². The van der Waals surface area contributed by atoms with Crippen LogP contribution in [0.2, 0.25) is 5.02 Å². The van der Waals surface area contributed by atoms with E-state index in [0.29, 0.717) is 26.4 Å². The van der Waals surface area contributed by atoms with Crippen molar-refractivity contribution < 1.29 is 4.79 Å². The Morgan fingerprint density at radius 1 is 1.15 bits per heavy atom. The van der Waals surface area contributed by atoms with Crippen LogP contribution in [0.5, 0.6) is 0 Å². The highest BCUT2D eigenvalue weighted by atomic mass is 79.9. The first-order chi connectivity index (χ1) is 9.58. The molecule has 2 rings (SSSR count). The number of hydrogen-bond acceptors (Lipinski definition) is 2. The van der Waals surface area contributed by atoms with E-state index in [2.05, 4.69) is 26.6 Å². The Bertz CT molecular complexity index is 697. The molecule has 0 unspecified atom stereocenters. The molecule has 2 N–H and O–H groups in total. The minimum Gasteiger partial charge on any atom is -0.308 e. The van der Waals surface area contributed by atoms with Crippen molar-refractivity contribution in [2.24, 2.45) is 0 Å². The van der Waals surface area contributed by atoms with Gasteiger partial charge in [-0.3, -0.25) is 0 Å². The number of rotatable bonds is 2. The summed E-state index contributed by atoms with van der Waals surface area (Å²) >= 11 is 9.16. The van der Waals surface area contributed by atoms with E-state index in [4.69, 9.17) is 16.9 Å². The summed E-state index contributed by atoms with van der Waals surface area (Å²) in [6, 6.07) is 13.4. The number of nitrogens with one attached hydrogen (secondary N) is 2. The van der Waals surface area contributed by atoms with E-state index in [9.17, 15) is 4.79 Å². The van der Waals surface area contributed by atoms with Crippen LogP contribution in [0.4, 0.5) is 16.2 Å². The predicted octanol–water partition coefficient (Wildman–Crippen LogP) is 4.62. The van der Waals surface area contributed by atoms with Crippen molar-refractivity contribution in [2.45, 2.75) is 0 Å². The summed E-state index contributed by atoms with van der Waals surface area (Å²) in [6.07, 6.45) is 0. The molecule has 0 bridgehead atoms. The molecule has 6 heteroatoms. The van der Waals surface area contributed by atoms with Gasteiger partial charge in [-0.2, -0.15) is 5.26 Å². The number of benzene rings is 2. The summed E-state index contributed by atoms with van der Waals surface area (Å²) in [5.74, 6) is 0. The standard InChI is InChI=1S/C14H9BrClN3O/c15-12-7-11(4-5-13(12)16)19-14(20)18-10-3-1-2-9(6-10)8-17/h1-7H,(H2,18,19,20). The number of hydrogen-bond donors (Lipinski definition) is 2. The van der Waals surface area contributed by atoms with Gasteiger partial charge in [-0.1, -0.05) is 17.7 Å². The topological polar surface area (TPSA) is 64.9 Å². The molecule has 0 saturated heterocycles. The van der Waals surface area contributed by atoms with Crippen molar-refractivity contribution in [1.82, 2.24) is 0 Å². The fourth-order valence-electron chi connectivity index (χ4n) is 1.53. The van der Waals surface area contributed by atoms with Crippen LogP contribution in [-0.2, 0) is 0 Å². The summed E-state index contributed by atoms with van der Waals surface area (Å²) in [4.78, 5) is 11.8. The number of nitrogens with zero attached hydrogens (tertiary/aromatic N) is 1. The molecule has 0 aliphatic heterocycles. The summed E-state index contributed by atoms with van der Waals surface area (Å²) in [5.41, 5.74) is 1.64. The molecule has 0 aliphatic rings. The van der Waals surface area contributed by atoms with E-state index in [1.54, 1.807) is 42.5 Å². The third-order valence-electron chi connectivity index (χ3n) is 2.43. The maximum Gasteiger partial charge on any atom is 0.323 e. The molecule has 0 aromatic heterocycles. The van der Waals surface area contributed by atoms with Gasteiger partial charge in [0.2, 0.25) is 0 Å². The van der Waals surface area contributed by atoms with Gasteiger partial charge < -0.3 is 10.6 Å². The lowest BCUT2D eigenvalue weighted by Crippen LogP contribution is -2.19. The van der Waals surface area contributed by atoms with E-state index in [1.165, 1.54) is 0 Å². The molecule has 0 saturated carbocycles.